The van der Waals surface area contributed by atoms with Crippen LogP contribution in [0.5, 0.6) is 5.75 Å². The first kappa shape index (κ1) is 22.0. The zero-order chi connectivity index (χ0) is 22.5. The van der Waals surface area contributed by atoms with E-state index < -0.39 is 11.9 Å². The average Bonchev–Trinajstić information content (AvgIpc) is 3.52. The zero-order valence-electron chi connectivity index (χ0n) is 17.8. The number of furan rings is 1. The average molecular weight is 453 g/mol. The maximum absolute atomic E-state index is 13.6. The van der Waals surface area contributed by atoms with Crippen molar-refractivity contribution < 1.29 is 18.7 Å². The van der Waals surface area contributed by atoms with E-state index >= 15 is 0 Å². The molecule has 0 spiro atoms. The number of carbonyl (C=O) groups is 2. The fraction of sp³-hybridized carbons (Fsp3) is 0.280. The summed E-state index contributed by atoms with van der Waals surface area (Å²) in [5.41, 5.74) is 1.07. The maximum atomic E-state index is 13.6. The molecule has 0 aliphatic heterocycles. The van der Waals surface area contributed by atoms with Gasteiger partial charge in [-0.1, -0.05) is 48.7 Å². The number of hydrogen-bond donors (Lipinski definition) is 1. The molecule has 1 heterocycles. The number of halogens is 1. The van der Waals surface area contributed by atoms with Crippen molar-refractivity contribution in [3.05, 3.63) is 83.3 Å². The second kappa shape index (κ2) is 9.92. The van der Waals surface area contributed by atoms with Crippen LogP contribution in [0.25, 0.3) is 0 Å². The molecule has 6 nitrogen and oxygen atoms in total. The molecular formula is C25H25ClN2O4. The van der Waals surface area contributed by atoms with Gasteiger partial charge in [-0.25, -0.2) is 0 Å². The van der Waals surface area contributed by atoms with Gasteiger partial charge in [0, 0.05) is 6.04 Å². The first-order valence-corrected chi connectivity index (χ1v) is 11.0. The van der Waals surface area contributed by atoms with E-state index in [4.69, 9.17) is 20.8 Å². The molecule has 1 aliphatic rings. The predicted molar refractivity (Wildman–Crippen MR) is 123 cm³/mol. The van der Waals surface area contributed by atoms with Crippen LogP contribution in [-0.4, -0.2) is 25.0 Å². The Balaban J connectivity index is 1.81. The Morgan fingerprint density at radius 1 is 1.06 bits per heavy atom. The van der Waals surface area contributed by atoms with Gasteiger partial charge in [0.1, 0.15) is 11.8 Å². The second-order valence-corrected chi connectivity index (χ2v) is 8.18. The van der Waals surface area contributed by atoms with Crippen LogP contribution in [0.1, 0.15) is 47.8 Å². The highest BCUT2D eigenvalue weighted by molar-refractivity contribution is 6.34. The van der Waals surface area contributed by atoms with Crippen LogP contribution in [0.2, 0.25) is 5.02 Å². The number of ether oxygens (including phenoxy) is 1. The molecule has 32 heavy (non-hydrogen) atoms. The summed E-state index contributed by atoms with van der Waals surface area (Å²) in [7, 11) is 1.58. The summed E-state index contributed by atoms with van der Waals surface area (Å²) in [6.45, 7) is 0. The molecule has 0 saturated heterocycles. The lowest BCUT2D eigenvalue weighted by Crippen LogP contribution is -2.46. The van der Waals surface area contributed by atoms with Gasteiger partial charge < -0.3 is 14.5 Å². The van der Waals surface area contributed by atoms with Gasteiger partial charge in [0.2, 0.25) is 5.91 Å². The third kappa shape index (κ3) is 4.65. The van der Waals surface area contributed by atoms with Gasteiger partial charge in [0.25, 0.3) is 5.91 Å². The number of hydrogen-bond acceptors (Lipinski definition) is 4. The highest BCUT2D eigenvalue weighted by atomic mass is 35.5. The summed E-state index contributed by atoms with van der Waals surface area (Å²) in [6.07, 6.45) is 5.45. The van der Waals surface area contributed by atoms with E-state index in [1.165, 1.54) is 11.2 Å². The summed E-state index contributed by atoms with van der Waals surface area (Å²) < 4.78 is 10.7. The number of methoxy groups -OCH3 is 1. The summed E-state index contributed by atoms with van der Waals surface area (Å²) in [4.78, 5) is 28.7. The first-order chi connectivity index (χ1) is 15.6. The minimum absolute atomic E-state index is 0.0926. The fourth-order valence-electron chi connectivity index (χ4n) is 4.09. The number of anilines is 1. The van der Waals surface area contributed by atoms with Crippen LogP contribution < -0.4 is 15.0 Å². The topological polar surface area (TPSA) is 71.8 Å². The number of benzene rings is 2. The monoisotopic (exact) mass is 452 g/mol. The number of rotatable bonds is 7. The van der Waals surface area contributed by atoms with Crippen LogP contribution in [0, 0.1) is 0 Å². The molecule has 1 aromatic heterocycles. The number of carbonyl (C=O) groups excluding carboxylic acids is 2. The largest absolute Gasteiger partial charge is 0.497 e. The van der Waals surface area contributed by atoms with E-state index in [0.29, 0.717) is 22.0 Å². The molecule has 2 amide bonds. The van der Waals surface area contributed by atoms with Crippen molar-refractivity contribution in [3.63, 3.8) is 0 Å². The van der Waals surface area contributed by atoms with E-state index in [2.05, 4.69) is 5.32 Å². The number of nitrogens with one attached hydrogen (secondary N) is 1. The molecule has 0 radical (unpaired) electrons. The summed E-state index contributed by atoms with van der Waals surface area (Å²) in [6, 6.07) is 16.5. The smallest absolute Gasteiger partial charge is 0.295 e. The van der Waals surface area contributed by atoms with E-state index in [1.54, 1.807) is 67.8 Å². The Hall–Kier alpha value is -3.25. The Labute approximate surface area is 192 Å². The standard InChI is InChI=1S/C25H25ClN2O4/c1-31-19-14-12-17(13-15-19)23(24(29)27-18-7-2-3-8-18)28(21-10-5-4-9-20(21)26)25(30)22-11-6-16-32-22/h4-6,9-16,18,23H,2-3,7-8H2,1H3,(H,27,29). The number of amides is 2. The van der Waals surface area contributed by atoms with Crippen molar-refractivity contribution in [1.29, 1.82) is 0 Å². The molecule has 1 N–H and O–H groups in total. The fourth-order valence-corrected chi connectivity index (χ4v) is 4.31. The lowest BCUT2D eigenvalue weighted by atomic mass is 10.0. The third-order valence-electron chi connectivity index (χ3n) is 5.70. The van der Waals surface area contributed by atoms with Crippen molar-refractivity contribution >= 4 is 29.1 Å². The van der Waals surface area contributed by atoms with Gasteiger partial charge >= 0.3 is 0 Å². The van der Waals surface area contributed by atoms with Crippen LogP contribution in [0.4, 0.5) is 5.69 Å². The molecule has 1 aliphatic carbocycles. The quantitative estimate of drug-likeness (QED) is 0.521. The number of nitrogens with zero attached hydrogens (tertiary/aromatic N) is 1. The Morgan fingerprint density at radius 3 is 2.41 bits per heavy atom. The van der Waals surface area contributed by atoms with E-state index in [1.807, 2.05) is 0 Å². The highest BCUT2D eigenvalue weighted by Crippen LogP contribution is 2.35. The summed E-state index contributed by atoms with van der Waals surface area (Å²) >= 11 is 6.50. The normalized spacial score (nSPS) is 14.7. The second-order valence-electron chi connectivity index (χ2n) is 7.77. The molecule has 1 saturated carbocycles. The Kier molecular flexibility index (Phi) is 6.81. The SMILES string of the molecule is COc1ccc(C(C(=O)NC2CCCC2)N(C(=O)c2ccco2)c2ccccc2Cl)cc1. The van der Waals surface area contributed by atoms with Crippen molar-refractivity contribution in [2.75, 3.05) is 12.0 Å². The van der Waals surface area contributed by atoms with Gasteiger partial charge in [-0.15, -0.1) is 0 Å². The molecular weight excluding hydrogens is 428 g/mol. The van der Waals surface area contributed by atoms with Crippen molar-refractivity contribution in [2.45, 2.75) is 37.8 Å². The summed E-state index contributed by atoms with van der Waals surface area (Å²) in [5.74, 6) is 0.0647. The van der Waals surface area contributed by atoms with E-state index in [-0.39, 0.29) is 17.7 Å². The molecule has 0 bridgehead atoms. The molecule has 4 rings (SSSR count). The van der Waals surface area contributed by atoms with Crippen molar-refractivity contribution in [1.82, 2.24) is 5.32 Å². The van der Waals surface area contributed by atoms with Crippen LogP contribution in [0.15, 0.2) is 71.3 Å². The third-order valence-corrected chi connectivity index (χ3v) is 6.02. The Morgan fingerprint density at radius 2 is 1.78 bits per heavy atom. The van der Waals surface area contributed by atoms with Crippen molar-refractivity contribution in [3.8, 4) is 5.75 Å². The van der Waals surface area contributed by atoms with Gasteiger partial charge in [-0.2, -0.15) is 0 Å². The van der Waals surface area contributed by atoms with Crippen LogP contribution >= 0.6 is 11.6 Å². The molecule has 7 heteroatoms. The maximum Gasteiger partial charge on any atom is 0.295 e. The number of para-hydroxylation sites is 1. The van der Waals surface area contributed by atoms with Gasteiger partial charge in [-0.05, 0) is 54.8 Å². The highest BCUT2D eigenvalue weighted by Gasteiger charge is 2.36. The zero-order valence-corrected chi connectivity index (χ0v) is 18.5. The minimum Gasteiger partial charge on any atom is -0.497 e. The lowest BCUT2D eigenvalue weighted by Gasteiger charge is -2.32. The van der Waals surface area contributed by atoms with E-state index in [0.717, 1.165) is 25.7 Å². The summed E-state index contributed by atoms with van der Waals surface area (Å²) in [5, 5.41) is 3.50. The van der Waals surface area contributed by atoms with Crippen LogP contribution in [-0.2, 0) is 4.79 Å². The first-order valence-electron chi connectivity index (χ1n) is 10.6. The lowest BCUT2D eigenvalue weighted by molar-refractivity contribution is -0.123. The van der Waals surface area contributed by atoms with E-state index in [9.17, 15) is 9.59 Å². The molecule has 2 aromatic carbocycles. The molecule has 1 fully saturated rings. The molecule has 1 atom stereocenters. The molecule has 166 valence electrons. The van der Waals surface area contributed by atoms with Crippen molar-refractivity contribution in [2.24, 2.45) is 0 Å². The Bertz CT molecular complexity index is 1060. The minimum atomic E-state index is -0.945. The van der Waals surface area contributed by atoms with Gasteiger partial charge in [0.15, 0.2) is 5.76 Å². The molecule has 3 aromatic rings. The van der Waals surface area contributed by atoms with Gasteiger partial charge in [-0.3, -0.25) is 14.5 Å². The van der Waals surface area contributed by atoms with Gasteiger partial charge in [0.05, 0.1) is 24.1 Å². The molecule has 1 unspecified atom stereocenters. The predicted octanol–water partition coefficient (Wildman–Crippen LogP) is 5.39. The van der Waals surface area contributed by atoms with Crippen LogP contribution in [0.3, 0.4) is 0 Å².